The Morgan fingerprint density at radius 1 is 1.56 bits per heavy atom. The predicted molar refractivity (Wildman–Crippen MR) is 69.8 cm³/mol. The van der Waals surface area contributed by atoms with Crippen LogP contribution in [0.25, 0.3) is 0 Å². The fourth-order valence-corrected chi connectivity index (χ4v) is 3.00. The van der Waals surface area contributed by atoms with Gasteiger partial charge < -0.3 is 0 Å². The zero-order valence-corrected chi connectivity index (χ0v) is 11.7. The van der Waals surface area contributed by atoms with Crippen LogP contribution in [0, 0.1) is 0 Å². The molecule has 16 heavy (non-hydrogen) atoms. The van der Waals surface area contributed by atoms with Gasteiger partial charge in [-0.3, -0.25) is 9.58 Å². The molecule has 0 aliphatic carbocycles. The first-order valence-corrected chi connectivity index (χ1v) is 6.99. The molecule has 2 heterocycles. The second-order valence-electron chi connectivity index (χ2n) is 4.58. The Balaban J connectivity index is 1.99. The van der Waals surface area contributed by atoms with Crippen LogP contribution >= 0.6 is 15.9 Å². The van der Waals surface area contributed by atoms with Crippen LogP contribution in [0.4, 0.5) is 0 Å². The summed E-state index contributed by atoms with van der Waals surface area (Å²) in [5, 5.41) is 4.49. The molecule has 3 nitrogen and oxygen atoms in total. The lowest BCUT2D eigenvalue weighted by molar-refractivity contribution is 0.222. The molecule has 0 radical (unpaired) electrons. The van der Waals surface area contributed by atoms with Gasteiger partial charge in [-0.05, 0) is 31.9 Å². The molecular formula is C12H20BrN3. The van der Waals surface area contributed by atoms with E-state index in [1.54, 1.807) is 0 Å². The second-order valence-corrected chi connectivity index (χ2v) is 5.87. The molecule has 1 fully saturated rings. The predicted octanol–water partition coefficient (Wildman–Crippen LogP) is 2.34. The van der Waals surface area contributed by atoms with Crippen LogP contribution in [0.15, 0.2) is 6.07 Å². The number of alkyl halides is 1. The van der Waals surface area contributed by atoms with E-state index in [1.807, 2.05) is 11.7 Å². The van der Waals surface area contributed by atoms with Crippen LogP contribution in [-0.2, 0) is 20.0 Å². The van der Waals surface area contributed by atoms with Crippen LogP contribution in [0.2, 0.25) is 0 Å². The molecular weight excluding hydrogens is 266 g/mol. The van der Waals surface area contributed by atoms with Gasteiger partial charge in [-0.15, -0.1) is 0 Å². The van der Waals surface area contributed by atoms with Gasteiger partial charge >= 0.3 is 0 Å². The maximum Gasteiger partial charge on any atom is 0.0625 e. The van der Waals surface area contributed by atoms with Gasteiger partial charge in [-0.1, -0.05) is 22.9 Å². The Kier molecular flexibility index (Phi) is 4.03. The Bertz CT molecular complexity index is 348. The van der Waals surface area contributed by atoms with Crippen molar-refractivity contribution in [3.63, 3.8) is 0 Å². The van der Waals surface area contributed by atoms with Crippen LogP contribution in [0.5, 0.6) is 0 Å². The molecule has 0 bridgehead atoms. The maximum absolute atomic E-state index is 4.49. The van der Waals surface area contributed by atoms with Crippen molar-refractivity contribution in [1.29, 1.82) is 0 Å². The lowest BCUT2D eigenvalue weighted by Gasteiger charge is -2.29. The third-order valence-electron chi connectivity index (χ3n) is 3.22. The zero-order valence-electron chi connectivity index (χ0n) is 10.1. The molecule has 1 aromatic rings. The number of nitrogens with zero attached hydrogens (tertiary/aromatic N) is 3. The topological polar surface area (TPSA) is 21.1 Å². The van der Waals surface area contributed by atoms with E-state index in [2.05, 4.69) is 38.9 Å². The van der Waals surface area contributed by atoms with Gasteiger partial charge in [0.2, 0.25) is 0 Å². The average molecular weight is 286 g/mol. The summed E-state index contributed by atoms with van der Waals surface area (Å²) in [5.74, 6) is 0. The molecule has 4 heteroatoms. The number of halogens is 1. The number of aryl methyl sites for hydroxylation is 2. The van der Waals surface area contributed by atoms with Crippen molar-refractivity contribution in [3.05, 3.63) is 17.5 Å². The highest BCUT2D eigenvalue weighted by Crippen LogP contribution is 2.18. The van der Waals surface area contributed by atoms with Crippen LogP contribution in [0.1, 0.15) is 31.2 Å². The fraction of sp³-hybridized carbons (Fsp3) is 0.750. The number of piperidine rings is 1. The summed E-state index contributed by atoms with van der Waals surface area (Å²) in [7, 11) is 2.05. The molecule has 1 unspecified atom stereocenters. The Morgan fingerprint density at radius 2 is 2.38 bits per heavy atom. The lowest BCUT2D eigenvalue weighted by atomic mass is 10.1. The summed E-state index contributed by atoms with van der Waals surface area (Å²) in [4.78, 5) is 3.18. The Morgan fingerprint density at radius 3 is 3.00 bits per heavy atom. The number of likely N-dealkylation sites (tertiary alicyclic amines) is 1. The first-order chi connectivity index (χ1) is 7.69. The summed E-state index contributed by atoms with van der Waals surface area (Å²) >= 11 is 3.72. The van der Waals surface area contributed by atoms with Crippen molar-refractivity contribution in [2.24, 2.45) is 7.05 Å². The van der Waals surface area contributed by atoms with Crippen LogP contribution in [0.3, 0.4) is 0 Å². The highest BCUT2D eigenvalue weighted by Gasteiger charge is 2.18. The molecule has 2 rings (SSSR count). The first kappa shape index (κ1) is 12.1. The first-order valence-electron chi connectivity index (χ1n) is 6.07. The fourth-order valence-electron chi connectivity index (χ4n) is 2.26. The quantitative estimate of drug-likeness (QED) is 0.795. The summed E-state index contributed by atoms with van der Waals surface area (Å²) < 4.78 is 2.02. The van der Waals surface area contributed by atoms with Gasteiger partial charge in [0.1, 0.15) is 0 Å². The third kappa shape index (κ3) is 2.86. The molecule has 1 atom stereocenters. The smallest absolute Gasteiger partial charge is 0.0625 e. The van der Waals surface area contributed by atoms with E-state index in [4.69, 9.17) is 0 Å². The summed E-state index contributed by atoms with van der Waals surface area (Å²) in [6.07, 6.45) is 3.63. The minimum Gasteiger partial charge on any atom is -0.296 e. The van der Waals surface area contributed by atoms with E-state index in [-0.39, 0.29) is 0 Å². The van der Waals surface area contributed by atoms with E-state index in [0.717, 1.165) is 19.5 Å². The van der Waals surface area contributed by atoms with Gasteiger partial charge in [-0.2, -0.15) is 5.10 Å². The maximum atomic E-state index is 4.49. The van der Waals surface area contributed by atoms with E-state index >= 15 is 0 Å². The van der Waals surface area contributed by atoms with Crippen molar-refractivity contribution in [3.8, 4) is 0 Å². The minimum atomic E-state index is 0.667. The highest BCUT2D eigenvalue weighted by atomic mass is 79.9. The van der Waals surface area contributed by atoms with Crippen LogP contribution < -0.4 is 0 Å². The van der Waals surface area contributed by atoms with E-state index < -0.39 is 0 Å². The van der Waals surface area contributed by atoms with Crippen LogP contribution in [-0.4, -0.2) is 32.6 Å². The highest BCUT2D eigenvalue weighted by molar-refractivity contribution is 9.09. The standard InChI is InChI=1S/C12H20BrN3/c1-3-11-7-12(15(2)14-11)9-16-6-4-5-10(13)8-16/h7,10H,3-6,8-9H2,1-2H3. The Hall–Kier alpha value is -0.350. The van der Waals surface area contributed by atoms with E-state index in [1.165, 1.54) is 30.8 Å². The number of hydrogen-bond acceptors (Lipinski definition) is 2. The molecule has 90 valence electrons. The van der Waals surface area contributed by atoms with Crippen molar-refractivity contribution >= 4 is 15.9 Å². The van der Waals surface area contributed by atoms with Gasteiger partial charge in [0.05, 0.1) is 11.4 Å². The van der Waals surface area contributed by atoms with Gasteiger partial charge in [0, 0.05) is 25.0 Å². The summed E-state index contributed by atoms with van der Waals surface area (Å²) in [5.41, 5.74) is 2.53. The zero-order chi connectivity index (χ0) is 11.5. The SMILES string of the molecule is CCc1cc(CN2CCCC(Br)C2)n(C)n1. The van der Waals surface area contributed by atoms with E-state index in [0.29, 0.717) is 4.83 Å². The van der Waals surface area contributed by atoms with Crippen molar-refractivity contribution in [1.82, 2.24) is 14.7 Å². The lowest BCUT2D eigenvalue weighted by Crippen LogP contribution is -2.35. The van der Waals surface area contributed by atoms with Crippen molar-refractivity contribution in [2.45, 2.75) is 37.6 Å². The Labute approximate surface area is 106 Å². The largest absolute Gasteiger partial charge is 0.296 e. The molecule has 1 aliphatic heterocycles. The second kappa shape index (κ2) is 5.32. The molecule has 0 saturated carbocycles. The molecule has 0 aromatic carbocycles. The van der Waals surface area contributed by atoms with Crippen molar-refractivity contribution < 1.29 is 0 Å². The number of hydrogen-bond donors (Lipinski definition) is 0. The van der Waals surface area contributed by atoms with Gasteiger partial charge in [0.25, 0.3) is 0 Å². The summed E-state index contributed by atoms with van der Waals surface area (Å²) in [6, 6.07) is 2.23. The molecule has 1 aliphatic rings. The molecule has 0 spiro atoms. The van der Waals surface area contributed by atoms with Gasteiger partial charge in [0.15, 0.2) is 0 Å². The normalized spacial score (nSPS) is 22.6. The molecule has 1 aromatic heterocycles. The molecule has 1 saturated heterocycles. The van der Waals surface area contributed by atoms with Gasteiger partial charge in [-0.25, -0.2) is 0 Å². The molecule has 0 N–H and O–H groups in total. The number of aromatic nitrogens is 2. The number of rotatable bonds is 3. The van der Waals surface area contributed by atoms with E-state index in [9.17, 15) is 0 Å². The summed E-state index contributed by atoms with van der Waals surface area (Å²) in [6.45, 7) is 5.56. The molecule has 0 amide bonds. The van der Waals surface area contributed by atoms with Crippen molar-refractivity contribution in [2.75, 3.05) is 13.1 Å². The average Bonchev–Trinajstić information content (AvgIpc) is 2.60. The third-order valence-corrected chi connectivity index (χ3v) is 3.97. The minimum absolute atomic E-state index is 0.667. The monoisotopic (exact) mass is 285 g/mol.